The van der Waals surface area contributed by atoms with Gasteiger partial charge in [-0.2, -0.15) is 5.26 Å². The van der Waals surface area contributed by atoms with E-state index in [1.807, 2.05) is 18.7 Å². The summed E-state index contributed by atoms with van der Waals surface area (Å²) >= 11 is 1.49. The normalized spacial score (nSPS) is 16.1. The van der Waals surface area contributed by atoms with Crippen LogP contribution in [0, 0.1) is 25.2 Å². The molecule has 1 saturated heterocycles. The topological polar surface area (TPSA) is 56.1 Å². The van der Waals surface area contributed by atoms with E-state index in [1.54, 1.807) is 0 Å². The fourth-order valence-electron chi connectivity index (χ4n) is 2.48. The number of nitrogens with zero attached hydrogens (tertiary/aromatic N) is 2. The van der Waals surface area contributed by atoms with Crippen molar-refractivity contribution < 1.29 is 4.79 Å². The van der Waals surface area contributed by atoms with Gasteiger partial charge in [-0.25, -0.2) is 4.79 Å². The molecular formula is C15H21N3OS. The largest absolute Gasteiger partial charge is 0.325 e. The summed E-state index contributed by atoms with van der Waals surface area (Å²) in [5, 5.41) is 12.8. The molecule has 0 aliphatic carbocycles. The van der Waals surface area contributed by atoms with Gasteiger partial charge in [0.2, 0.25) is 0 Å². The van der Waals surface area contributed by atoms with E-state index in [0.717, 1.165) is 36.4 Å². The predicted molar refractivity (Wildman–Crippen MR) is 82.2 cm³/mol. The quantitative estimate of drug-likeness (QED) is 0.849. The van der Waals surface area contributed by atoms with Gasteiger partial charge in [0.15, 0.2) is 0 Å². The number of hydrogen-bond donors (Lipinski definition) is 1. The number of amides is 2. The van der Waals surface area contributed by atoms with Crippen molar-refractivity contribution >= 4 is 22.4 Å². The first-order chi connectivity index (χ1) is 9.63. The smallest absolute Gasteiger partial charge is 0.322 e. The minimum absolute atomic E-state index is 0.0651. The highest BCUT2D eigenvalue weighted by molar-refractivity contribution is 7.16. The molecule has 0 radical (unpaired) electrons. The summed E-state index contributed by atoms with van der Waals surface area (Å²) in [6.07, 6.45) is 5.81. The Morgan fingerprint density at radius 2 is 1.80 bits per heavy atom. The third-order valence-electron chi connectivity index (χ3n) is 3.86. The van der Waals surface area contributed by atoms with Crippen molar-refractivity contribution in [2.75, 3.05) is 18.4 Å². The van der Waals surface area contributed by atoms with Crippen molar-refractivity contribution in [1.82, 2.24) is 4.90 Å². The zero-order chi connectivity index (χ0) is 14.5. The van der Waals surface area contributed by atoms with Crippen LogP contribution in [0.5, 0.6) is 0 Å². The van der Waals surface area contributed by atoms with Crippen molar-refractivity contribution in [2.45, 2.75) is 46.0 Å². The second-order valence-electron chi connectivity index (χ2n) is 5.28. The van der Waals surface area contributed by atoms with Gasteiger partial charge in [0.25, 0.3) is 0 Å². The van der Waals surface area contributed by atoms with Crippen LogP contribution in [0.2, 0.25) is 0 Å². The SMILES string of the molecule is Cc1sc(NC(=O)N2CCCCCCC2)c(C#N)c1C. The number of aryl methyl sites for hydroxylation is 1. The molecule has 1 N–H and O–H groups in total. The van der Waals surface area contributed by atoms with Crippen LogP contribution in [0.3, 0.4) is 0 Å². The average molecular weight is 291 g/mol. The molecule has 2 amide bonds. The fraction of sp³-hybridized carbons (Fsp3) is 0.600. The molecular weight excluding hydrogens is 270 g/mol. The van der Waals surface area contributed by atoms with Gasteiger partial charge in [0.1, 0.15) is 11.1 Å². The van der Waals surface area contributed by atoms with Gasteiger partial charge >= 0.3 is 6.03 Å². The Balaban J connectivity index is 2.07. The maximum Gasteiger partial charge on any atom is 0.322 e. The van der Waals surface area contributed by atoms with E-state index < -0.39 is 0 Å². The highest BCUT2D eigenvalue weighted by atomic mass is 32.1. The summed E-state index contributed by atoms with van der Waals surface area (Å²) in [6, 6.07) is 2.13. The van der Waals surface area contributed by atoms with E-state index in [2.05, 4.69) is 11.4 Å². The number of likely N-dealkylation sites (tertiary alicyclic amines) is 1. The van der Waals surface area contributed by atoms with Gasteiger partial charge < -0.3 is 4.90 Å². The standard InChI is InChI=1S/C15H21N3OS/c1-11-12(2)20-14(13(11)10-16)17-15(19)18-8-6-4-3-5-7-9-18/h3-9H2,1-2H3,(H,17,19). The number of carbonyl (C=O) groups is 1. The first-order valence-corrected chi connectivity index (χ1v) is 8.01. The van der Waals surface area contributed by atoms with Crippen molar-refractivity contribution in [1.29, 1.82) is 5.26 Å². The van der Waals surface area contributed by atoms with Crippen LogP contribution in [0.25, 0.3) is 0 Å². The van der Waals surface area contributed by atoms with Crippen molar-refractivity contribution in [3.05, 3.63) is 16.0 Å². The number of nitrogens with one attached hydrogen (secondary N) is 1. The monoisotopic (exact) mass is 291 g/mol. The zero-order valence-corrected chi connectivity index (χ0v) is 13.0. The number of nitriles is 1. The van der Waals surface area contributed by atoms with Gasteiger partial charge in [-0.1, -0.05) is 19.3 Å². The molecule has 2 heterocycles. The van der Waals surface area contributed by atoms with Crippen molar-refractivity contribution in [3.8, 4) is 6.07 Å². The molecule has 0 aromatic carbocycles. The molecule has 0 saturated carbocycles. The van der Waals surface area contributed by atoms with Gasteiger partial charge in [0, 0.05) is 18.0 Å². The highest BCUT2D eigenvalue weighted by Gasteiger charge is 2.19. The molecule has 1 fully saturated rings. The molecule has 1 aliphatic heterocycles. The van der Waals surface area contributed by atoms with E-state index in [-0.39, 0.29) is 6.03 Å². The lowest BCUT2D eigenvalue weighted by Crippen LogP contribution is -2.37. The van der Waals surface area contributed by atoms with E-state index >= 15 is 0 Å². The molecule has 0 spiro atoms. The number of carbonyl (C=O) groups excluding carboxylic acids is 1. The molecule has 0 unspecified atom stereocenters. The average Bonchev–Trinajstić information content (AvgIpc) is 2.63. The second kappa shape index (κ2) is 6.76. The van der Waals surface area contributed by atoms with E-state index in [0.29, 0.717) is 10.6 Å². The van der Waals surface area contributed by atoms with Crippen LogP contribution in [-0.2, 0) is 0 Å². The molecule has 0 atom stereocenters. The van der Waals surface area contributed by atoms with Crippen LogP contribution in [0.15, 0.2) is 0 Å². The zero-order valence-electron chi connectivity index (χ0n) is 12.2. The lowest BCUT2D eigenvalue weighted by Gasteiger charge is -2.24. The predicted octanol–water partition coefficient (Wildman–Crippen LogP) is 4.03. The van der Waals surface area contributed by atoms with Crippen molar-refractivity contribution in [3.63, 3.8) is 0 Å². The number of urea groups is 1. The third-order valence-corrected chi connectivity index (χ3v) is 4.98. The summed E-state index contributed by atoms with van der Waals surface area (Å²) in [5.74, 6) is 0. The van der Waals surface area contributed by atoms with Gasteiger partial charge in [-0.05, 0) is 32.3 Å². The molecule has 108 valence electrons. The third kappa shape index (κ3) is 3.31. The lowest BCUT2D eigenvalue weighted by molar-refractivity contribution is 0.206. The lowest BCUT2D eigenvalue weighted by atomic mass is 10.1. The minimum Gasteiger partial charge on any atom is -0.325 e. The highest BCUT2D eigenvalue weighted by Crippen LogP contribution is 2.31. The second-order valence-corrected chi connectivity index (χ2v) is 6.51. The van der Waals surface area contributed by atoms with Gasteiger partial charge in [-0.3, -0.25) is 5.32 Å². The van der Waals surface area contributed by atoms with Gasteiger partial charge in [0.05, 0.1) is 5.56 Å². The van der Waals surface area contributed by atoms with Crippen LogP contribution in [0.1, 0.15) is 48.1 Å². The van der Waals surface area contributed by atoms with E-state index in [1.165, 1.54) is 30.6 Å². The number of thiophene rings is 1. The summed E-state index contributed by atoms with van der Waals surface area (Å²) < 4.78 is 0. The van der Waals surface area contributed by atoms with Crippen molar-refractivity contribution in [2.24, 2.45) is 0 Å². The molecule has 0 bridgehead atoms. The van der Waals surface area contributed by atoms with Crippen LogP contribution < -0.4 is 5.32 Å². The Kier molecular flexibility index (Phi) is 5.02. The Morgan fingerprint density at radius 3 is 2.40 bits per heavy atom. The summed E-state index contributed by atoms with van der Waals surface area (Å²) in [6.45, 7) is 5.54. The van der Waals surface area contributed by atoms with E-state index in [9.17, 15) is 10.1 Å². The first-order valence-electron chi connectivity index (χ1n) is 7.19. The molecule has 2 rings (SSSR count). The Hall–Kier alpha value is -1.54. The van der Waals surface area contributed by atoms with Crippen LogP contribution in [-0.4, -0.2) is 24.0 Å². The molecule has 4 nitrogen and oxygen atoms in total. The number of rotatable bonds is 1. The summed E-state index contributed by atoms with van der Waals surface area (Å²) in [5.41, 5.74) is 1.58. The Bertz CT molecular complexity index is 522. The maximum atomic E-state index is 12.3. The molecule has 1 aromatic heterocycles. The summed E-state index contributed by atoms with van der Waals surface area (Å²) in [7, 11) is 0. The fourth-order valence-corrected chi connectivity index (χ4v) is 3.48. The van der Waals surface area contributed by atoms with Gasteiger partial charge in [-0.15, -0.1) is 11.3 Å². The maximum absolute atomic E-state index is 12.3. The van der Waals surface area contributed by atoms with E-state index in [4.69, 9.17) is 0 Å². The molecule has 5 heteroatoms. The Labute approximate surface area is 124 Å². The minimum atomic E-state index is -0.0651. The summed E-state index contributed by atoms with van der Waals surface area (Å²) in [4.78, 5) is 15.3. The molecule has 1 aliphatic rings. The molecule has 1 aromatic rings. The first kappa shape index (κ1) is 14.9. The number of anilines is 1. The van der Waals surface area contributed by atoms with Crippen LogP contribution >= 0.6 is 11.3 Å². The molecule has 20 heavy (non-hydrogen) atoms. The number of hydrogen-bond acceptors (Lipinski definition) is 3. The van der Waals surface area contributed by atoms with Crippen LogP contribution in [0.4, 0.5) is 9.80 Å². The Morgan fingerprint density at radius 1 is 1.20 bits per heavy atom.